The molecule has 114 valence electrons. The normalized spacial score (nSPS) is 10.6. The Morgan fingerprint density at radius 3 is 2.57 bits per heavy atom. The van der Waals surface area contributed by atoms with Gasteiger partial charge >= 0.3 is 0 Å². The third-order valence-corrected chi connectivity index (χ3v) is 3.10. The maximum absolute atomic E-state index is 5.80. The van der Waals surface area contributed by atoms with Crippen molar-refractivity contribution in [1.82, 2.24) is 5.32 Å². The first-order chi connectivity index (χ1) is 10.2. The summed E-state index contributed by atoms with van der Waals surface area (Å²) in [7, 11) is 0. The van der Waals surface area contributed by atoms with Gasteiger partial charge in [-0.1, -0.05) is 13.0 Å². The number of aryl methyl sites for hydroxylation is 1. The lowest BCUT2D eigenvalue weighted by molar-refractivity contribution is 0.262. The van der Waals surface area contributed by atoms with Gasteiger partial charge in [-0.05, 0) is 44.2 Å². The average Bonchev–Trinajstić information content (AvgIpc) is 2.84. The minimum Gasteiger partial charge on any atom is -0.494 e. The lowest BCUT2D eigenvalue weighted by Crippen LogP contribution is -2.11. The second-order valence-electron chi connectivity index (χ2n) is 4.80. The maximum Gasteiger partial charge on any atom is 0.146 e. The van der Waals surface area contributed by atoms with Crippen LogP contribution in [0.5, 0.6) is 11.5 Å². The summed E-state index contributed by atoms with van der Waals surface area (Å²) < 4.78 is 17.0. The predicted molar refractivity (Wildman–Crippen MR) is 82.8 cm³/mol. The monoisotopic (exact) mass is 289 g/mol. The summed E-state index contributed by atoms with van der Waals surface area (Å²) in [5.74, 6) is 3.41. The van der Waals surface area contributed by atoms with Gasteiger partial charge in [-0.2, -0.15) is 0 Å². The van der Waals surface area contributed by atoms with Crippen molar-refractivity contribution in [2.75, 3.05) is 13.2 Å². The minimum atomic E-state index is 0.419. The van der Waals surface area contributed by atoms with Crippen LogP contribution < -0.4 is 14.8 Å². The molecule has 4 nitrogen and oxygen atoms in total. The molecule has 1 N–H and O–H groups in total. The fraction of sp³-hybridized carbons (Fsp3) is 0.412. The fourth-order valence-electron chi connectivity index (χ4n) is 2.05. The van der Waals surface area contributed by atoms with Gasteiger partial charge in [-0.25, -0.2) is 0 Å². The molecule has 1 heterocycles. The van der Waals surface area contributed by atoms with Crippen molar-refractivity contribution in [2.24, 2.45) is 0 Å². The van der Waals surface area contributed by atoms with Crippen molar-refractivity contribution in [1.29, 1.82) is 0 Å². The highest BCUT2D eigenvalue weighted by Gasteiger charge is 2.08. The van der Waals surface area contributed by atoms with E-state index in [1.165, 1.54) is 0 Å². The quantitative estimate of drug-likeness (QED) is 0.805. The van der Waals surface area contributed by atoms with Gasteiger partial charge in [0.1, 0.15) is 29.6 Å². The number of furan rings is 1. The van der Waals surface area contributed by atoms with Gasteiger partial charge in [0.25, 0.3) is 0 Å². The highest BCUT2D eigenvalue weighted by molar-refractivity contribution is 5.33. The first-order valence-corrected chi connectivity index (χ1v) is 7.37. The van der Waals surface area contributed by atoms with E-state index in [9.17, 15) is 0 Å². The second-order valence-corrected chi connectivity index (χ2v) is 4.80. The van der Waals surface area contributed by atoms with E-state index in [-0.39, 0.29) is 0 Å². The van der Waals surface area contributed by atoms with Crippen LogP contribution in [-0.4, -0.2) is 13.2 Å². The van der Waals surface area contributed by atoms with Crippen LogP contribution in [0.15, 0.2) is 34.7 Å². The number of rotatable bonds is 8. The van der Waals surface area contributed by atoms with Gasteiger partial charge < -0.3 is 19.2 Å². The summed E-state index contributed by atoms with van der Waals surface area (Å²) in [6.07, 6.45) is 0. The molecule has 0 aliphatic heterocycles. The van der Waals surface area contributed by atoms with Gasteiger partial charge in [0, 0.05) is 6.07 Å². The number of hydrogen-bond acceptors (Lipinski definition) is 4. The fourth-order valence-corrected chi connectivity index (χ4v) is 2.05. The topological polar surface area (TPSA) is 43.6 Å². The summed E-state index contributed by atoms with van der Waals surface area (Å²) in [5.41, 5.74) is 1.15. The zero-order valence-electron chi connectivity index (χ0n) is 12.9. The molecule has 0 spiro atoms. The van der Waals surface area contributed by atoms with Gasteiger partial charge in [0.2, 0.25) is 0 Å². The summed E-state index contributed by atoms with van der Waals surface area (Å²) in [4.78, 5) is 0. The first kappa shape index (κ1) is 15.4. The molecular formula is C17H23NO3. The maximum atomic E-state index is 5.80. The summed E-state index contributed by atoms with van der Waals surface area (Å²) in [5, 5.41) is 3.26. The van der Waals surface area contributed by atoms with Crippen molar-refractivity contribution >= 4 is 0 Å². The Balaban J connectivity index is 1.94. The third-order valence-electron chi connectivity index (χ3n) is 3.10. The number of benzene rings is 1. The van der Waals surface area contributed by atoms with Crippen LogP contribution in [0.2, 0.25) is 0 Å². The van der Waals surface area contributed by atoms with E-state index in [4.69, 9.17) is 13.9 Å². The van der Waals surface area contributed by atoms with E-state index in [0.717, 1.165) is 41.7 Å². The summed E-state index contributed by atoms with van der Waals surface area (Å²) in [6.45, 7) is 8.84. The zero-order valence-corrected chi connectivity index (χ0v) is 12.9. The van der Waals surface area contributed by atoms with E-state index in [1.54, 1.807) is 0 Å². The van der Waals surface area contributed by atoms with Gasteiger partial charge in [-0.3, -0.25) is 0 Å². The summed E-state index contributed by atoms with van der Waals surface area (Å²) in [6, 6.07) is 9.67. The molecule has 1 aromatic heterocycles. The molecule has 0 bridgehead atoms. The zero-order chi connectivity index (χ0) is 15.1. The summed E-state index contributed by atoms with van der Waals surface area (Å²) >= 11 is 0. The Morgan fingerprint density at radius 1 is 1.10 bits per heavy atom. The van der Waals surface area contributed by atoms with Crippen LogP contribution in [0.3, 0.4) is 0 Å². The highest BCUT2D eigenvalue weighted by atomic mass is 16.5. The Labute approximate surface area is 126 Å². The van der Waals surface area contributed by atoms with Crippen LogP contribution in [0, 0.1) is 6.92 Å². The Morgan fingerprint density at radius 2 is 1.86 bits per heavy atom. The highest BCUT2D eigenvalue weighted by Crippen LogP contribution is 2.21. The van der Waals surface area contributed by atoms with Gasteiger partial charge in [0.05, 0.1) is 13.2 Å². The molecule has 0 aliphatic carbocycles. The Bertz CT molecular complexity index is 563. The van der Waals surface area contributed by atoms with Crippen molar-refractivity contribution < 1.29 is 13.9 Å². The van der Waals surface area contributed by atoms with E-state index >= 15 is 0 Å². The van der Waals surface area contributed by atoms with E-state index < -0.39 is 0 Å². The third kappa shape index (κ3) is 4.53. The molecule has 0 radical (unpaired) electrons. The molecular weight excluding hydrogens is 266 g/mol. The van der Waals surface area contributed by atoms with Crippen LogP contribution in [0.4, 0.5) is 0 Å². The van der Waals surface area contributed by atoms with Crippen LogP contribution in [0.1, 0.15) is 30.9 Å². The van der Waals surface area contributed by atoms with Gasteiger partial charge in [0.15, 0.2) is 0 Å². The van der Waals surface area contributed by atoms with E-state index in [0.29, 0.717) is 13.2 Å². The standard InChI is InChI=1S/C17H23NO3/c1-4-18-11-17-13(3)9-16(21-17)12-20-15-8-6-7-14(10-15)19-5-2/h6-10,18H,4-5,11-12H2,1-3H3. The molecule has 0 fully saturated rings. The number of hydrogen-bond donors (Lipinski definition) is 1. The number of ether oxygens (including phenoxy) is 2. The smallest absolute Gasteiger partial charge is 0.146 e. The van der Waals surface area contributed by atoms with Crippen LogP contribution in [0.25, 0.3) is 0 Å². The lowest BCUT2D eigenvalue weighted by Gasteiger charge is -2.07. The first-order valence-electron chi connectivity index (χ1n) is 7.37. The van der Waals surface area contributed by atoms with Crippen molar-refractivity contribution in [3.8, 4) is 11.5 Å². The predicted octanol–water partition coefficient (Wildman–Crippen LogP) is 3.68. The molecule has 4 heteroatoms. The molecule has 0 atom stereocenters. The van der Waals surface area contributed by atoms with Crippen LogP contribution >= 0.6 is 0 Å². The van der Waals surface area contributed by atoms with Crippen molar-refractivity contribution in [3.63, 3.8) is 0 Å². The van der Waals surface area contributed by atoms with E-state index in [1.807, 2.05) is 37.3 Å². The number of nitrogens with one attached hydrogen (secondary N) is 1. The van der Waals surface area contributed by atoms with E-state index in [2.05, 4.69) is 19.2 Å². The minimum absolute atomic E-state index is 0.419. The molecule has 0 saturated heterocycles. The molecule has 0 amide bonds. The molecule has 2 aromatic rings. The van der Waals surface area contributed by atoms with Crippen molar-refractivity contribution in [3.05, 3.63) is 47.4 Å². The lowest BCUT2D eigenvalue weighted by atomic mass is 10.2. The Hall–Kier alpha value is -1.94. The van der Waals surface area contributed by atoms with Crippen molar-refractivity contribution in [2.45, 2.75) is 33.9 Å². The molecule has 0 aliphatic rings. The molecule has 2 rings (SSSR count). The average molecular weight is 289 g/mol. The largest absolute Gasteiger partial charge is 0.494 e. The molecule has 1 aromatic carbocycles. The van der Waals surface area contributed by atoms with Gasteiger partial charge in [-0.15, -0.1) is 0 Å². The molecule has 0 saturated carbocycles. The molecule has 0 unspecified atom stereocenters. The van der Waals surface area contributed by atoms with Crippen LogP contribution in [-0.2, 0) is 13.2 Å². The molecule has 21 heavy (non-hydrogen) atoms. The Kier molecular flexibility index (Phi) is 5.69. The second kappa shape index (κ2) is 7.74. The SMILES string of the molecule is CCNCc1oc(COc2cccc(OCC)c2)cc1C.